The van der Waals surface area contributed by atoms with Crippen molar-refractivity contribution in [2.45, 2.75) is 6.42 Å². The van der Waals surface area contributed by atoms with E-state index in [2.05, 4.69) is 4.98 Å². The van der Waals surface area contributed by atoms with Gasteiger partial charge in [0.15, 0.2) is 11.7 Å². The lowest BCUT2D eigenvalue weighted by atomic mass is 10.2. The van der Waals surface area contributed by atoms with Crippen molar-refractivity contribution in [1.29, 1.82) is 0 Å². The fourth-order valence-corrected chi connectivity index (χ4v) is 1.90. The van der Waals surface area contributed by atoms with Crippen molar-refractivity contribution in [3.8, 4) is 11.3 Å². The molecule has 1 aromatic heterocycles. The van der Waals surface area contributed by atoms with Crippen molar-refractivity contribution in [1.82, 2.24) is 9.88 Å². The predicted molar refractivity (Wildman–Crippen MR) is 76.9 cm³/mol. The highest BCUT2D eigenvalue weighted by Gasteiger charge is 2.11. The molecule has 0 amide bonds. The molecule has 0 fully saturated rings. The Morgan fingerprint density at radius 3 is 2.95 bits per heavy atom. The summed E-state index contributed by atoms with van der Waals surface area (Å²) in [4.78, 5) is 16.5. The van der Waals surface area contributed by atoms with Crippen LogP contribution in [0, 0.1) is 10.1 Å². The van der Waals surface area contributed by atoms with Crippen molar-refractivity contribution < 1.29 is 14.4 Å². The minimum atomic E-state index is -0.440. The average Bonchev–Trinajstić information content (AvgIpc) is 2.94. The fraction of sp³-hybridized carbons (Fsp3) is 0.357. The van der Waals surface area contributed by atoms with Crippen LogP contribution in [0.4, 0.5) is 5.69 Å². The van der Waals surface area contributed by atoms with Crippen LogP contribution in [0.25, 0.3) is 11.3 Å². The van der Waals surface area contributed by atoms with Crippen LogP contribution in [0.15, 0.2) is 34.9 Å². The summed E-state index contributed by atoms with van der Waals surface area (Å²) in [7, 11) is 1.90. The van der Waals surface area contributed by atoms with E-state index in [-0.39, 0.29) is 12.3 Å². The first-order valence-corrected chi connectivity index (χ1v) is 6.59. The maximum Gasteiger partial charge on any atom is 0.270 e. The smallest absolute Gasteiger partial charge is 0.270 e. The van der Waals surface area contributed by atoms with Crippen LogP contribution in [0.1, 0.15) is 5.89 Å². The molecule has 2 rings (SSSR count). The Bertz CT molecular complexity index is 612. The number of nitro benzene ring substituents is 1. The number of non-ortho nitro benzene ring substituents is 1. The molecule has 0 aliphatic rings. The summed E-state index contributed by atoms with van der Waals surface area (Å²) in [5.74, 6) is 1.08. The number of aromatic nitrogens is 1. The molecule has 0 aliphatic carbocycles. The van der Waals surface area contributed by atoms with Crippen molar-refractivity contribution in [3.05, 3.63) is 46.5 Å². The maximum atomic E-state index is 10.8. The van der Waals surface area contributed by atoms with E-state index < -0.39 is 4.92 Å². The third kappa shape index (κ3) is 4.11. The molecule has 1 aromatic carbocycles. The average molecular weight is 291 g/mol. The van der Waals surface area contributed by atoms with Gasteiger partial charge in [-0.2, -0.15) is 0 Å². The van der Waals surface area contributed by atoms with E-state index in [1.807, 2.05) is 11.9 Å². The second-order valence-corrected chi connectivity index (χ2v) is 4.70. The minimum Gasteiger partial charge on any atom is -0.441 e. The Morgan fingerprint density at radius 2 is 2.24 bits per heavy atom. The number of nitro groups is 1. The topological polar surface area (TPSA) is 92.6 Å². The summed E-state index contributed by atoms with van der Waals surface area (Å²) >= 11 is 0. The zero-order valence-corrected chi connectivity index (χ0v) is 11.7. The van der Waals surface area contributed by atoms with Gasteiger partial charge in [0.2, 0.25) is 0 Å². The SMILES string of the molecule is CN(CCO)CCc1ncc(-c2cccc([N+](=O)[O-])c2)o1. The van der Waals surface area contributed by atoms with Crippen molar-refractivity contribution in [2.75, 3.05) is 26.7 Å². The van der Waals surface area contributed by atoms with E-state index >= 15 is 0 Å². The van der Waals surface area contributed by atoms with Crippen LogP contribution in [0.5, 0.6) is 0 Å². The third-order valence-corrected chi connectivity index (χ3v) is 3.08. The standard InChI is InChI=1S/C14H17N3O4/c1-16(7-8-18)6-5-14-15-10-13(21-14)11-3-2-4-12(9-11)17(19)20/h2-4,9-10,18H,5-8H2,1H3. The number of aliphatic hydroxyl groups excluding tert-OH is 1. The predicted octanol–water partition coefficient (Wildman–Crippen LogP) is 1.72. The van der Waals surface area contributed by atoms with Crippen LogP contribution >= 0.6 is 0 Å². The zero-order chi connectivity index (χ0) is 15.2. The van der Waals surface area contributed by atoms with Crippen molar-refractivity contribution in [3.63, 3.8) is 0 Å². The lowest BCUT2D eigenvalue weighted by molar-refractivity contribution is -0.384. The van der Waals surface area contributed by atoms with E-state index in [0.29, 0.717) is 30.2 Å². The molecule has 0 saturated carbocycles. The van der Waals surface area contributed by atoms with Gasteiger partial charge in [-0.1, -0.05) is 12.1 Å². The Morgan fingerprint density at radius 1 is 1.43 bits per heavy atom. The monoisotopic (exact) mass is 291 g/mol. The highest BCUT2D eigenvalue weighted by molar-refractivity contribution is 5.60. The van der Waals surface area contributed by atoms with Gasteiger partial charge in [0.1, 0.15) is 0 Å². The number of hydrogen-bond donors (Lipinski definition) is 1. The Balaban J connectivity index is 2.06. The largest absolute Gasteiger partial charge is 0.441 e. The first-order chi connectivity index (χ1) is 10.1. The molecular formula is C14H17N3O4. The highest BCUT2D eigenvalue weighted by atomic mass is 16.6. The molecular weight excluding hydrogens is 274 g/mol. The molecule has 0 spiro atoms. The van der Waals surface area contributed by atoms with Gasteiger partial charge in [0, 0.05) is 37.2 Å². The molecule has 7 heteroatoms. The molecule has 0 radical (unpaired) electrons. The van der Waals surface area contributed by atoms with Gasteiger partial charge in [-0.05, 0) is 7.05 Å². The van der Waals surface area contributed by atoms with E-state index in [1.54, 1.807) is 18.3 Å². The van der Waals surface area contributed by atoms with Gasteiger partial charge in [-0.15, -0.1) is 0 Å². The molecule has 112 valence electrons. The van der Waals surface area contributed by atoms with E-state index in [4.69, 9.17) is 9.52 Å². The van der Waals surface area contributed by atoms with Gasteiger partial charge in [-0.3, -0.25) is 10.1 Å². The molecule has 0 saturated heterocycles. The third-order valence-electron chi connectivity index (χ3n) is 3.08. The Hall–Kier alpha value is -2.25. The number of oxazole rings is 1. The van der Waals surface area contributed by atoms with Crippen LogP contribution < -0.4 is 0 Å². The van der Waals surface area contributed by atoms with Crippen LogP contribution in [-0.4, -0.2) is 46.7 Å². The van der Waals surface area contributed by atoms with Gasteiger partial charge in [0.25, 0.3) is 5.69 Å². The summed E-state index contributed by atoms with van der Waals surface area (Å²) < 4.78 is 5.61. The minimum absolute atomic E-state index is 0.0214. The van der Waals surface area contributed by atoms with E-state index in [1.165, 1.54) is 12.1 Å². The second kappa shape index (κ2) is 6.96. The van der Waals surface area contributed by atoms with E-state index in [9.17, 15) is 10.1 Å². The summed E-state index contributed by atoms with van der Waals surface area (Å²) in [6, 6.07) is 6.26. The van der Waals surface area contributed by atoms with Crippen LogP contribution in [-0.2, 0) is 6.42 Å². The molecule has 0 bridgehead atoms. The fourth-order valence-electron chi connectivity index (χ4n) is 1.90. The number of nitrogens with zero attached hydrogens (tertiary/aromatic N) is 3. The van der Waals surface area contributed by atoms with Gasteiger partial charge in [-0.25, -0.2) is 4.98 Å². The van der Waals surface area contributed by atoms with Crippen LogP contribution in [0.3, 0.4) is 0 Å². The number of aliphatic hydroxyl groups is 1. The zero-order valence-electron chi connectivity index (χ0n) is 11.7. The summed E-state index contributed by atoms with van der Waals surface area (Å²) in [5.41, 5.74) is 0.653. The molecule has 2 aromatic rings. The molecule has 0 aliphatic heterocycles. The Labute approximate surface area is 122 Å². The maximum absolute atomic E-state index is 10.8. The molecule has 1 heterocycles. The molecule has 0 unspecified atom stereocenters. The van der Waals surface area contributed by atoms with Gasteiger partial charge in [0.05, 0.1) is 17.7 Å². The summed E-state index contributed by atoms with van der Waals surface area (Å²) in [6.45, 7) is 1.43. The molecule has 7 nitrogen and oxygen atoms in total. The molecule has 21 heavy (non-hydrogen) atoms. The van der Waals surface area contributed by atoms with Crippen molar-refractivity contribution >= 4 is 5.69 Å². The highest BCUT2D eigenvalue weighted by Crippen LogP contribution is 2.24. The van der Waals surface area contributed by atoms with Gasteiger partial charge >= 0.3 is 0 Å². The normalized spacial score (nSPS) is 11.0. The molecule has 0 atom stereocenters. The molecule has 1 N–H and O–H groups in total. The summed E-state index contributed by atoms with van der Waals surface area (Å²) in [5, 5.41) is 19.6. The van der Waals surface area contributed by atoms with Crippen molar-refractivity contribution in [2.24, 2.45) is 0 Å². The quantitative estimate of drug-likeness (QED) is 0.616. The number of likely N-dealkylation sites (N-methyl/N-ethyl adjacent to an activating group) is 1. The van der Waals surface area contributed by atoms with E-state index in [0.717, 1.165) is 6.54 Å². The van der Waals surface area contributed by atoms with Crippen LogP contribution in [0.2, 0.25) is 0 Å². The second-order valence-electron chi connectivity index (χ2n) is 4.70. The Kier molecular flexibility index (Phi) is 5.02. The number of rotatable bonds is 7. The first-order valence-electron chi connectivity index (χ1n) is 6.59. The van der Waals surface area contributed by atoms with Gasteiger partial charge < -0.3 is 14.4 Å². The summed E-state index contributed by atoms with van der Waals surface area (Å²) in [6.07, 6.45) is 2.19. The number of benzene rings is 1. The lowest BCUT2D eigenvalue weighted by Gasteiger charge is -2.12. The lowest BCUT2D eigenvalue weighted by Crippen LogP contribution is -2.24. The number of hydrogen-bond acceptors (Lipinski definition) is 6. The first kappa shape index (κ1) is 15.1.